The van der Waals surface area contributed by atoms with E-state index >= 15 is 0 Å². The van der Waals surface area contributed by atoms with Gasteiger partial charge in [0, 0.05) is 6.92 Å². The van der Waals surface area contributed by atoms with Crippen molar-refractivity contribution in [2.24, 2.45) is 0 Å². The van der Waals surface area contributed by atoms with Crippen molar-refractivity contribution in [3.63, 3.8) is 0 Å². The van der Waals surface area contributed by atoms with E-state index in [0.717, 1.165) is 6.07 Å². The summed E-state index contributed by atoms with van der Waals surface area (Å²) in [6, 6.07) is 2.09. The number of halogens is 3. The summed E-state index contributed by atoms with van der Waals surface area (Å²) in [7, 11) is 0. The molecule has 1 amide bonds. The number of nitrogens with one attached hydrogen (secondary N) is 1. The fraction of sp³-hybridized carbons (Fsp3) is 0.125. The first-order chi connectivity index (χ1) is 6.02. The second-order valence-corrected chi connectivity index (χ2v) is 2.78. The molecule has 0 atom stereocenters. The van der Waals surface area contributed by atoms with Crippen LogP contribution >= 0.6 is 11.6 Å². The maximum Gasteiger partial charge on any atom is 0.221 e. The highest BCUT2D eigenvalue weighted by Crippen LogP contribution is 2.26. The van der Waals surface area contributed by atoms with Gasteiger partial charge in [-0.05, 0) is 12.1 Å². The van der Waals surface area contributed by atoms with Crippen molar-refractivity contribution in [2.45, 2.75) is 6.92 Å². The molecule has 0 aliphatic rings. The van der Waals surface area contributed by atoms with Gasteiger partial charge in [0.2, 0.25) is 5.91 Å². The van der Waals surface area contributed by atoms with Crippen LogP contribution in [0, 0.1) is 11.6 Å². The minimum atomic E-state index is -1.16. The van der Waals surface area contributed by atoms with E-state index in [4.69, 9.17) is 11.6 Å². The van der Waals surface area contributed by atoms with Crippen LogP contribution in [0.25, 0.3) is 0 Å². The van der Waals surface area contributed by atoms with Crippen LogP contribution in [0.5, 0.6) is 0 Å². The fourth-order valence-corrected chi connectivity index (χ4v) is 1.01. The summed E-state index contributed by atoms with van der Waals surface area (Å²) in [5.74, 6) is -2.60. The highest BCUT2D eigenvalue weighted by molar-refractivity contribution is 6.33. The van der Waals surface area contributed by atoms with Gasteiger partial charge in [-0.1, -0.05) is 11.6 Å². The number of benzene rings is 1. The third-order valence-corrected chi connectivity index (χ3v) is 1.72. The minimum absolute atomic E-state index is 0.0630. The maximum atomic E-state index is 12.8. The van der Waals surface area contributed by atoms with Gasteiger partial charge in [-0.25, -0.2) is 8.78 Å². The van der Waals surface area contributed by atoms with Crippen molar-refractivity contribution in [1.29, 1.82) is 0 Å². The molecular formula is C8H6ClF2NO. The Morgan fingerprint density at radius 1 is 1.46 bits per heavy atom. The molecule has 0 unspecified atom stereocenters. The van der Waals surface area contributed by atoms with Crippen LogP contribution in [0.1, 0.15) is 6.92 Å². The average molecular weight is 206 g/mol. The molecule has 13 heavy (non-hydrogen) atoms. The van der Waals surface area contributed by atoms with Gasteiger partial charge >= 0.3 is 0 Å². The van der Waals surface area contributed by atoms with Gasteiger partial charge in [0.1, 0.15) is 5.02 Å². The van der Waals surface area contributed by atoms with Crippen molar-refractivity contribution in [3.8, 4) is 0 Å². The SMILES string of the molecule is CC(=O)Nc1ccc(F)c(F)c1Cl. The van der Waals surface area contributed by atoms with Crippen molar-refractivity contribution in [1.82, 2.24) is 0 Å². The number of hydrogen-bond donors (Lipinski definition) is 1. The van der Waals surface area contributed by atoms with E-state index in [1.807, 2.05) is 0 Å². The van der Waals surface area contributed by atoms with Crippen molar-refractivity contribution in [3.05, 3.63) is 28.8 Å². The third-order valence-electron chi connectivity index (χ3n) is 1.35. The molecule has 0 spiro atoms. The van der Waals surface area contributed by atoms with Crippen LogP contribution in [-0.4, -0.2) is 5.91 Å². The predicted molar refractivity (Wildman–Crippen MR) is 45.7 cm³/mol. The maximum absolute atomic E-state index is 12.8. The second-order valence-electron chi connectivity index (χ2n) is 2.40. The van der Waals surface area contributed by atoms with E-state index in [-0.39, 0.29) is 5.69 Å². The first kappa shape index (κ1) is 9.92. The van der Waals surface area contributed by atoms with Gasteiger partial charge < -0.3 is 5.32 Å². The van der Waals surface area contributed by atoms with Gasteiger partial charge in [0.25, 0.3) is 0 Å². The number of carbonyl (C=O) groups excluding carboxylic acids is 1. The van der Waals surface area contributed by atoms with Crippen molar-refractivity contribution in [2.75, 3.05) is 5.32 Å². The van der Waals surface area contributed by atoms with Crippen LogP contribution in [0.3, 0.4) is 0 Å². The van der Waals surface area contributed by atoms with Crippen LogP contribution in [0.15, 0.2) is 12.1 Å². The molecule has 1 aromatic rings. The average Bonchev–Trinajstić information content (AvgIpc) is 2.06. The van der Waals surface area contributed by atoms with Crippen molar-refractivity contribution < 1.29 is 13.6 Å². The molecule has 0 aliphatic carbocycles. The van der Waals surface area contributed by atoms with E-state index in [0.29, 0.717) is 0 Å². The zero-order valence-electron chi connectivity index (χ0n) is 6.70. The molecule has 0 fully saturated rings. The number of amides is 1. The molecule has 0 aromatic heterocycles. The predicted octanol–water partition coefficient (Wildman–Crippen LogP) is 2.58. The summed E-state index contributed by atoms with van der Waals surface area (Å²) >= 11 is 5.41. The zero-order valence-corrected chi connectivity index (χ0v) is 7.45. The molecule has 0 saturated heterocycles. The highest BCUT2D eigenvalue weighted by Gasteiger charge is 2.11. The molecule has 1 N–H and O–H groups in total. The monoisotopic (exact) mass is 205 g/mol. The summed E-state index contributed by atoms with van der Waals surface area (Å²) < 4.78 is 25.3. The minimum Gasteiger partial charge on any atom is -0.325 e. The quantitative estimate of drug-likeness (QED) is 0.702. The van der Waals surface area contributed by atoms with Gasteiger partial charge in [0.15, 0.2) is 11.6 Å². The first-order valence-electron chi connectivity index (χ1n) is 3.43. The van der Waals surface area contributed by atoms with Crippen molar-refractivity contribution >= 4 is 23.2 Å². The molecule has 1 rings (SSSR count). The lowest BCUT2D eigenvalue weighted by Gasteiger charge is -2.05. The van der Waals surface area contributed by atoms with Crippen LogP contribution < -0.4 is 5.32 Å². The summed E-state index contributed by atoms with van der Waals surface area (Å²) in [5, 5.41) is 1.84. The standard InChI is InChI=1S/C8H6ClF2NO/c1-4(13)12-6-3-2-5(10)8(11)7(6)9/h2-3H,1H3,(H,12,13). The van der Waals surface area contributed by atoms with Gasteiger partial charge in [-0.3, -0.25) is 4.79 Å². The smallest absolute Gasteiger partial charge is 0.221 e. The van der Waals surface area contributed by atoms with E-state index < -0.39 is 22.6 Å². The number of rotatable bonds is 1. The van der Waals surface area contributed by atoms with Crippen LogP contribution in [-0.2, 0) is 4.79 Å². The molecule has 0 bridgehead atoms. The number of anilines is 1. The molecule has 0 saturated carbocycles. The lowest BCUT2D eigenvalue weighted by molar-refractivity contribution is -0.114. The molecular weight excluding hydrogens is 200 g/mol. The van der Waals surface area contributed by atoms with Crippen LogP contribution in [0.2, 0.25) is 5.02 Å². The fourth-order valence-electron chi connectivity index (χ4n) is 0.812. The van der Waals surface area contributed by atoms with Gasteiger partial charge in [0.05, 0.1) is 5.69 Å². The molecule has 1 aromatic carbocycles. The summed E-state index contributed by atoms with van der Waals surface area (Å²) in [6.07, 6.45) is 0. The zero-order chi connectivity index (χ0) is 10.0. The molecule has 0 heterocycles. The van der Waals surface area contributed by atoms with Crippen LogP contribution in [0.4, 0.5) is 14.5 Å². The molecule has 0 aliphatic heterocycles. The Morgan fingerprint density at radius 2 is 2.08 bits per heavy atom. The summed E-state index contributed by atoms with van der Waals surface area (Å²) in [4.78, 5) is 10.6. The Bertz CT molecular complexity index is 354. The lowest BCUT2D eigenvalue weighted by Crippen LogP contribution is -2.07. The topological polar surface area (TPSA) is 29.1 Å². The molecule has 70 valence electrons. The van der Waals surface area contributed by atoms with E-state index in [1.54, 1.807) is 0 Å². The van der Waals surface area contributed by atoms with E-state index in [9.17, 15) is 13.6 Å². The summed E-state index contributed by atoms with van der Waals surface area (Å²) in [6.45, 7) is 1.25. The van der Waals surface area contributed by atoms with E-state index in [2.05, 4.69) is 5.32 Å². The second kappa shape index (κ2) is 3.70. The Kier molecular flexibility index (Phi) is 2.83. The Balaban J connectivity index is 3.10. The molecule has 0 radical (unpaired) electrons. The third kappa shape index (κ3) is 2.15. The Hall–Kier alpha value is -1.16. The van der Waals surface area contributed by atoms with Gasteiger partial charge in [-0.15, -0.1) is 0 Å². The highest BCUT2D eigenvalue weighted by atomic mass is 35.5. The first-order valence-corrected chi connectivity index (χ1v) is 3.81. The Morgan fingerprint density at radius 3 is 2.62 bits per heavy atom. The lowest BCUT2D eigenvalue weighted by atomic mass is 10.3. The molecule has 2 nitrogen and oxygen atoms in total. The number of carbonyl (C=O) groups is 1. The normalized spacial score (nSPS) is 9.85. The molecule has 5 heteroatoms. The Labute approximate surface area is 78.5 Å². The number of hydrogen-bond acceptors (Lipinski definition) is 1. The largest absolute Gasteiger partial charge is 0.325 e. The van der Waals surface area contributed by atoms with Gasteiger partial charge in [-0.2, -0.15) is 0 Å². The van der Waals surface area contributed by atoms with E-state index in [1.165, 1.54) is 13.0 Å². The summed E-state index contributed by atoms with van der Waals surface area (Å²) in [5.41, 5.74) is 0.0630.